The number of aryl methyl sites for hydroxylation is 1. The Bertz CT molecular complexity index is 671. The fourth-order valence-electron chi connectivity index (χ4n) is 1.50. The summed E-state index contributed by atoms with van der Waals surface area (Å²) in [5.41, 5.74) is 6.04. The minimum Gasteiger partial charge on any atom is -0.365 e. The predicted molar refractivity (Wildman–Crippen MR) is 71.1 cm³/mol. The van der Waals surface area contributed by atoms with E-state index in [2.05, 4.69) is 25.7 Å². The van der Waals surface area contributed by atoms with E-state index < -0.39 is 5.91 Å². The molecule has 2 aromatic heterocycles. The van der Waals surface area contributed by atoms with Crippen LogP contribution in [0.2, 0.25) is 0 Å². The number of primary amides is 1. The van der Waals surface area contributed by atoms with E-state index in [4.69, 9.17) is 11.0 Å². The number of nitrogens with zero attached hydrogens (tertiary/aromatic N) is 5. The third-order valence-electron chi connectivity index (χ3n) is 2.35. The molecule has 2 rings (SSSR count). The van der Waals surface area contributed by atoms with Gasteiger partial charge in [-0.3, -0.25) is 9.48 Å². The van der Waals surface area contributed by atoms with Crippen LogP contribution in [0, 0.1) is 11.3 Å². The standard InChI is InChI=1S/C11H12N8O/c1-19-6-7(4-16-19)17-11-15-5-8(9(13)20)10(18-11)14-3-2-12/h4-6H,3H2,1H3,(H2,13,20)(H2,14,15,17,18). The van der Waals surface area contributed by atoms with E-state index in [1.165, 1.54) is 6.20 Å². The van der Waals surface area contributed by atoms with Crippen molar-refractivity contribution in [1.82, 2.24) is 19.7 Å². The minimum absolute atomic E-state index is 0.00360. The number of anilines is 3. The number of carbonyl (C=O) groups is 1. The molecule has 0 radical (unpaired) electrons. The van der Waals surface area contributed by atoms with Crippen molar-refractivity contribution in [2.24, 2.45) is 12.8 Å². The third kappa shape index (κ3) is 2.99. The van der Waals surface area contributed by atoms with E-state index in [0.717, 1.165) is 0 Å². The molecule has 0 aliphatic carbocycles. The summed E-state index contributed by atoms with van der Waals surface area (Å²) < 4.78 is 1.62. The van der Waals surface area contributed by atoms with Gasteiger partial charge in [-0.25, -0.2) is 4.98 Å². The molecule has 0 aliphatic heterocycles. The average molecular weight is 272 g/mol. The molecule has 0 saturated heterocycles. The Morgan fingerprint density at radius 1 is 1.55 bits per heavy atom. The maximum Gasteiger partial charge on any atom is 0.254 e. The molecule has 2 aromatic rings. The van der Waals surface area contributed by atoms with Crippen molar-refractivity contribution in [3.8, 4) is 6.07 Å². The van der Waals surface area contributed by atoms with Gasteiger partial charge in [-0.05, 0) is 0 Å². The van der Waals surface area contributed by atoms with Crippen LogP contribution >= 0.6 is 0 Å². The van der Waals surface area contributed by atoms with Gasteiger partial charge in [0.15, 0.2) is 0 Å². The predicted octanol–water partition coefficient (Wildman–Crippen LogP) is -0.0119. The summed E-state index contributed by atoms with van der Waals surface area (Å²) in [6, 6.07) is 1.90. The molecule has 0 saturated carbocycles. The first-order chi connectivity index (χ1) is 9.60. The summed E-state index contributed by atoms with van der Waals surface area (Å²) in [6.45, 7) is 0.00360. The molecule has 0 spiro atoms. The monoisotopic (exact) mass is 272 g/mol. The first kappa shape index (κ1) is 13.3. The number of hydrogen-bond acceptors (Lipinski definition) is 7. The molecule has 20 heavy (non-hydrogen) atoms. The summed E-state index contributed by atoms with van der Waals surface area (Å²) in [6.07, 6.45) is 4.65. The van der Waals surface area contributed by atoms with Crippen LogP contribution in [0.15, 0.2) is 18.6 Å². The molecule has 1 amide bonds. The van der Waals surface area contributed by atoms with Crippen molar-refractivity contribution in [3.05, 3.63) is 24.2 Å². The fraction of sp³-hybridized carbons (Fsp3) is 0.182. The maximum absolute atomic E-state index is 11.2. The molecular formula is C11H12N8O. The topological polar surface area (TPSA) is 135 Å². The van der Waals surface area contributed by atoms with Crippen LogP contribution in [0.4, 0.5) is 17.5 Å². The molecular weight excluding hydrogens is 260 g/mol. The number of hydrogen-bond donors (Lipinski definition) is 3. The largest absolute Gasteiger partial charge is 0.365 e. The minimum atomic E-state index is -0.668. The Morgan fingerprint density at radius 3 is 2.95 bits per heavy atom. The van der Waals surface area contributed by atoms with Gasteiger partial charge in [0.05, 0.1) is 23.5 Å². The highest BCUT2D eigenvalue weighted by atomic mass is 16.1. The molecule has 2 heterocycles. The summed E-state index contributed by atoms with van der Waals surface area (Å²) in [5, 5.41) is 18.2. The number of carbonyl (C=O) groups excluding carboxylic acids is 1. The van der Waals surface area contributed by atoms with E-state index >= 15 is 0 Å². The lowest BCUT2D eigenvalue weighted by molar-refractivity contribution is 0.100. The maximum atomic E-state index is 11.2. The fourth-order valence-corrected chi connectivity index (χ4v) is 1.50. The van der Waals surface area contributed by atoms with Crippen molar-refractivity contribution in [3.63, 3.8) is 0 Å². The zero-order valence-electron chi connectivity index (χ0n) is 10.7. The Hall–Kier alpha value is -3.15. The van der Waals surface area contributed by atoms with Gasteiger partial charge in [-0.1, -0.05) is 0 Å². The molecule has 102 valence electrons. The van der Waals surface area contributed by atoms with Crippen molar-refractivity contribution < 1.29 is 4.79 Å². The zero-order chi connectivity index (χ0) is 14.5. The van der Waals surface area contributed by atoms with Crippen LogP contribution in [0.3, 0.4) is 0 Å². The van der Waals surface area contributed by atoms with Crippen LogP contribution < -0.4 is 16.4 Å². The lowest BCUT2D eigenvalue weighted by atomic mass is 10.3. The second kappa shape index (κ2) is 5.66. The molecule has 0 aromatic carbocycles. The number of aromatic nitrogens is 4. The number of nitriles is 1. The molecule has 9 nitrogen and oxygen atoms in total. The Morgan fingerprint density at radius 2 is 2.35 bits per heavy atom. The smallest absolute Gasteiger partial charge is 0.254 e. The van der Waals surface area contributed by atoms with Gasteiger partial charge in [0.2, 0.25) is 5.95 Å². The highest BCUT2D eigenvalue weighted by molar-refractivity contribution is 5.97. The van der Waals surface area contributed by atoms with Crippen LogP contribution in [-0.2, 0) is 7.05 Å². The lowest BCUT2D eigenvalue weighted by Crippen LogP contribution is -2.17. The van der Waals surface area contributed by atoms with Gasteiger partial charge in [-0.2, -0.15) is 15.3 Å². The second-order valence-electron chi connectivity index (χ2n) is 3.86. The van der Waals surface area contributed by atoms with Gasteiger partial charge < -0.3 is 16.4 Å². The number of nitrogens with one attached hydrogen (secondary N) is 2. The number of rotatable bonds is 5. The summed E-state index contributed by atoms with van der Waals surface area (Å²) in [5.74, 6) is -0.192. The highest BCUT2D eigenvalue weighted by Crippen LogP contribution is 2.16. The Kier molecular flexibility index (Phi) is 3.76. The van der Waals surface area contributed by atoms with Crippen LogP contribution in [-0.4, -0.2) is 32.2 Å². The first-order valence-electron chi connectivity index (χ1n) is 5.63. The Labute approximate surface area is 114 Å². The number of amides is 1. The summed E-state index contributed by atoms with van der Waals surface area (Å²) in [4.78, 5) is 19.3. The summed E-state index contributed by atoms with van der Waals surface area (Å²) in [7, 11) is 1.78. The third-order valence-corrected chi connectivity index (χ3v) is 2.35. The summed E-state index contributed by atoms with van der Waals surface area (Å²) >= 11 is 0. The van der Waals surface area contributed by atoms with Gasteiger partial charge in [-0.15, -0.1) is 0 Å². The lowest BCUT2D eigenvalue weighted by Gasteiger charge is -2.08. The Balaban J connectivity index is 2.26. The average Bonchev–Trinajstić information content (AvgIpc) is 2.81. The molecule has 0 aliphatic rings. The van der Waals surface area contributed by atoms with E-state index in [-0.39, 0.29) is 23.9 Å². The van der Waals surface area contributed by atoms with E-state index in [9.17, 15) is 4.79 Å². The normalized spacial score (nSPS) is 9.80. The zero-order valence-corrected chi connectivity index (χ0v) is 10.7. The molecule has 0 bridgehead atoms. The van der Waals surface area contributed by atoms with Crippen LogP contribution in [0.5, 0.6) is 0 Å². The van der Waals surface area contributed by atoms with Gasteiger partial charge in [0, 0.05) is 19.4 Å². The van der Waals surface area contributed by atoms with Gasteiger partial charge in [0.25, 0.3) is 5.91 Å². The highest BCUT2D eigenvalue weighted by Gasteiger charge is 2.12. The first-order valence-corrected chi connectivity index (χ1v) is 5.63. The number of nitrogens with two attached hydrogens (primary N) is 1. The molecule has 9 heteroatoms. The van der Waals surface area contributed by atoms with Gasteiger partial charge in [0.1, 0.15) is 12.4 Å². The van der Waals surface area contributed by atoms with E-state index in [0.29, 0.717) is 5.69 Å². The SMILES string of the molecule is Cn1cc(Nc2ncc(C(N)=O)c(NCC#N)n2)cn1. The van der Waals surface area contributed by atoms with Crippen LogP contribution in [0.25, 0.3) is 0 Å². The second-order valence-corrected chi connectivity index (χ2v) is 3.86. The molecule has 0 unspecified atom stereocenters. The molecule has 4 N–H and O–H groups in total. The van der Waals surface area contributed by atoms with Gasteiger partial charge >= 0.3 is 0 Å². The van der Waals surface area contributed by atoms with E-state index in [1.54, 1.807) is 24.1 Å². The van der Waals surface area contributed by atoms with Crippen molar-refractivity contribution in [1.29, 1.82) is 5.26 Å². The molecule has 0 fully saturated rings. The molecule has 0 atom stereocenters. The van der Waals surface area contributed by atoms with E-state index in [1.807, 2.05) is 6.07 Å². The van der Waals surface area contributed by atoms with Crippen molar-refractivity contribution >= 4 is 23.4 Å². The van der Waals surface area contributed by atoms with Crippen molar-refractivity contribution in [2.75, 3.05) is 17.2 Å². The van der Waals surface area contributed by atoms with Crippen molar-refractivity contribution in [2.45, 2.75) is 0 Å². The quantitative estimate of drug-likeness (QED) is 0.651. The van der Waals surface area contributed by atoms with Crippen LogP contribution in [0.1, 0.15) is 10.4 Å².